The van der Waals surface area contributed by atoms with Crippen molar-refractivity contribution >= 4 is 23.5 Å². The molecular formula is C21H25N3O2S. The van der Waals surface area contributed by atoms with Crippen molar-refractivity contribution in [2.75, 3.05) is 18.8 Å². The van der Waals surface area contributed by atoms with Gasteiger partial charge in [0.1, 0.15) is 0 Å². The van der Waals surface area contributed by atoms with E-state index in [2.05, 4.69) is 16.1 Å². The molecule has 0 spiro atoms. The molecule has 0 saturated carbocycles. The van der Waals surface area contributed by atoms with E-state index < -0.39 is 0 Å². The fourth-order valence-corrected chi connectivity index (χ4v) is 4.13. The van der Waals surface area contributed by atoms with Gasteiger partial charge in [-0.1, -0.05) is 17.8 Å². The van der Waals surface area contributed by atoms with E-state index in [0.717, 1.165) is 47.9 Å². The van der Waals surface area contributed by atoms with E-state index in [1.165, 1.54) is 11.8 Å². The minimum atomic E-state index is 0.0438. The lowest BCUT2D eigenvalue weighted by atomic mass is 10.2. The Morgan fingerprint density at radius 1 is 1.26 bits per heavy atom. The summed E-state index contributed by atoms with van der Waals surface area (Å²) in [5, 5.41) is 0.751. The highest BCUT2D eigenvalue weighted by molar-refractivity contribution is 7.99. The molecule has 0 radical (unpaired) electrons. The maximum Gasteiger partial charge on any atom is 0.255 e. The smallest absolute Gasteiger partial charge is 0.255 e. The Hall–Kier alpha value is -2.34. The first-order valence-corrected chi connectivity index (χ1v) is 10.2. The van der Waals surface area contributed by atoms with Gasteiger partial charge in [-0.15, -0.1) is 6.58 Å². The fourth-order valence-electron chi connectivity index (χ4n) is 3.41. The number of nitrogens with zero attached hydrogens (tertiary/aromatic N) is 3. The number of carbonyl (C=O) groups excluding carboxylic acids is 2. The van der Waals surface area contributed by atoms with Gasteiger partial charge in [0.2, 0.25) is 0 Å². The highest BCUT2D eigenvalue weighted by Crippen LogP contribution is 2.22. The third kappa shape index (κ3) is 4.33. The topological polar surface area (TPSA) is 55.2 Å². The van der Waals surface area contributed by atoms with Gasteiger partial charge in [0.05, 0.1) is 16.3 Å². The molecule has 0 atom stereocenters. The van der Waals surface area contributed by atoms with Gasteiger partial charge >= 0.3 is 0 Å². The minimum Gasteiger partial charge on any atom is -0.345 e. The van der Waals surface area contributed by atoms with Crippen LogP contribution in [0.1, 0.15) is 44.9 Å². The molecule has 3 heterocycles. The van der Waals surface area contributed by atoms with Gasteiger partial charge in [-0.2, -0.15) is 0 Å². The number of Topliss-reactive ketones (excluding diaryl/α,β-unsaturated/α-hetero) is 1. The van der Waals surface area contributed by atoms with Crippen LogP contribution in [-0.4, -0.2) is 45.0 Å². The lowest BCUT2D eigenvalue weighted by Crippen LogP contribution is -2.27. The number of ketones is 1. The van der Waals surface area contributed by atoms with Gasteiger partial charge in [-0.05, 0) is 44.9 Å². The number of hydrogen-bond acceptors (Lipinski definition) is 4. The number of amides is 1. The van der Waals surface area contributed by atoms with Crippen molar-refractivity contribution in [3.63, 3.8) is 0 Å². The van der Waals surface area contributed by atoms with Crippen LogP contribution in [0, 0.1) is 13.8 Å². The van der Waals surface area contributed by atoms with Gasteiger partial charge in [0.25, 0.3) is 5.91 Å². The van der Waals surface area contributed by atoms with E-state index in [1.807, 2.05) is 37.0 Å². The fraction of sp³-hybridized carbons (Fsp3) is 0.381. The van der Waals surface area contributed by atoms with Crippen molar-refractivity contribution in [3.05, 3.63) is 59.6 Å². The summed E-state index contributed by atoms with van der Waals surface area (Å²) < 4.78 is 2.09. The average molecular weight is 384 g/mol. The molecule has 0 aliphatic carbocycles. The SMILES string of the molecule is C=CCn1c(C)cc(C(=O)CSc2ccc(C(=O)N3CCCC3)cn2)c1C. The summed E-state index contributed by atoms with van der Waals surface area (Å²) in [6, 6.07) is 5.56. The summed E-state index contributed by atoms with van der Waals surface area (Å²) in [6.45, 7) is 10.1. The van der Waals surface area contributed by atoms with Crippen LogP contribution in [0.2, 0.25) is 0 Å². The molecule has 1 aliphatic rings. The largest absolute Gasteiger partial charge is 0.345 e. The Bertz CT molecular complexity index is 849. The zero-order valence-electron chi connectivity index (χ0n) is 15.9. The second kappa shape index (κ2) is 8.57. The monoisotopic (exact) mass is 383 g/mol. The first-order chi connectivity index (χ1) is 13.0. The number of hydrogen-bond donors (Lipinski definition) is 0. The molecule has 27 heavy (non-hydrogen) atoms. The molecule has 1 amide bonds. The molecule has 1 aliphatic heterocycles. The van der Waals surface area contributed by atoms with Crippen molar-refractivity contribution < 1.29 is 9.59 Å². The highest BCUT2D eigenvalue weighted by Gasteiger charge is 2.20. The number of thioether (sulfide) groups is 1. The summed E-state index contributed by atoms with van der Waals surface area (Å²) in [5.41, 5.74) is 3.39. The summed E-state index contributed by atoms with van der Waals surface area (Å²) in [7, 11) is 0. The van der Waals surface area contributed by atoms with Crippen LogP contribution in [0.5, 0.6) is 0 Å². The number of aromatic nitrogens is 2. The van der Waals surface area contributed by atoms with Crippen LogP contribution in [0.15, 0.2) is 42.1 Å². The van der Waals surface area contributed by atoms with Gasteiger partial charge in [-0.3, -0.25) is 9.59 Å². The van der Waals surface area contributed by atoms with E-state index in [0.29, 0.717) is 17.9 Å². The van der Waals surface area contributed by atoms with Crippen molar-refractivity contribution in [2.45, 2.75) is 38.3 Å². The first-order valence-electron chi connectivity index (χ1n) is 9.20. The zero-order chi connectivity index (χ0) is 19.4. The maximum atomic E-state index is 12.6. The molecule has 142 valence electrons. The molecule has 2 aromatic heterocycles. The number of allylic oxidation sites excluding steroid dienone is 1. The van der Waals surface area contributed by atoms with E-state index >= 15 is 0 Å². The van der Waals surface area contributed by atoms with Crippen molar-refractivity contribution in [1.82, 2.24) is 14.5 Å². The Balaban J connectivity index is 1.61. The second-order valence-electron chi connectivity index (χ2n) is 6.78. The molecule has 2 aromatic rings. The lowest BCUT2D eigenvalue weighted by Gasteiger charge is -2.14. The van der Waals surface area contributed by atoms with E-state index in [1.54, 1.807) is 12.3 Å². The molecule has 1 fully saturated rings. The van der Waals surface area contributed by atoms with Crippen LogP contribution in [-0.2, 0) is 6.54 Å². The normalized spacial score (nSPS) is 13.8. The summed E-state index contributed by atoms with van der Waals surface area (Å²) in [4.78, 5) is 31.2. The summed E-state index contributed by atoms with van der Waals surface area (Å²) >= 11 is 1.40. The number of rotatable bonds is 7. The molecule has 6 heteroatoms. The van der Waals surface area contributed by atoms with Gasteiger partial charge in [0.15, 0.2) is 5.78 Å². The Morgan fingerprint density at radius 3 is 2.63 bits per heavy atom. The molecule has 0 aromatic carbocycles. The van der Waals surface area contributed by atoms with Crippen LogP contribution >= 0.6 is 11.8 Å². The first kappa shape index (κ1) is 19.4. The minimum absolute atomic E-state index is 0.0438. The van der Waals surface area contributed by atoms with Crippen LogP contribution in [0.3, 0.4) is 0 Å². The predicted molar refractivity (Wildman–Crippen MR) is 109 cm³/mol. The zero-order valence-corrected chi connectivity index (χ0v) is 16.7. The van der Waals surface area contributed by atoms with E-state index in [-0.39, 0.29) is 11.7 Å². The van der Waals surface area contributed by atoms with Crippen LogP contribution < -0.4 is 0 Å². The molecule has 5 nitrogen and oxygen atoms in total. The van der Waals surface area contributed by atoms with E-state index in [9.17, 15) is 9.59 Å². The third-order valence-corrected chi connectivity index (χ3v) is 5.86. The summed E-state index contributed by atoms with van der Waals surface area (Å²) in [6.07, 6.45) is 5.59. The Morgan fingerprint density at radius 2 is 2.00 bits per heavy atom. The maximum absolute atomic E-state index is 12.6. The molecule has 1 saturated heterocycles. The molecule has 0 unspecified atom stereocenters. The van der Waals surface area contributed by atoms with Gasteiger partial charge < -0.3 is 9.47 Å². The highest BCUT2D eigenvalue weighted by atomic mass is 32.2. The molecule has 3 rings (SSSR count). The summed E-state index contributed by atoms with van der Waals surface area (Å²) in [5.74, 6) is 0.454. The number of aryl methyl sites for hydroxylation is 1. The van der Waals surface area contributed by atoms with Crippen LogP contribution in [0.4, 0.5) is 0 Å². The number of pyridine rings is 1. The van der Waals surface area contributed by atoms with Crippen LogP contribution in [0.25, 0.3) is 0 Å². The van der Waals surface area contributed by atoms with Crippen molar-refractivity contribution in [2.24, 2.45) is 0 Å². The number of carbonyl (C=O) groups is 2. The average Bonchev–Trinajstić information content (AvgIpc) is 3.30. The number of likely N-dealkylation sites (tertiary alicyclic amines) is 1. The predicted octanol–water partition coefficient (Wildman–Crippen LogP) is 3.90. The van der Waals surface area contributed by atoms with Gasteiger partial charge in [-0.25, -0.2) is 4.98 Å². The van der Waals surface area contributed by atoms with Crippen molar-refractivity contribution in [1.29, 1.82) is 0 Å². The van der Waals surface area contributed by atoms with Crippen molar-refractivity contribution in [3.8, 4) is 0 Å². The Kier molecular flexibility index (Phi) is 6.16. The van der Waals surface area contributed by atoms with Gasteiger partial charge in [0, 0.05) is 42.8 Å². The quantitative estimate of drug-likeness (QED) is 0.413. The third-order valence-electron chi connectivity index (χ3n) is 4.91. The molecule has 0 bridgehead atoms. The molecule has 0 N–H and O–H groups in total. The molecular weight excluding hydrogens is 358 g/mol. The van der Waals surface area contributed by atoms with E-state index in [4.69, 9.17) is 0 Å². The standard InChI is InChI=1S/C21H25N3O2S/c1-4-9-24-15(2)12-18(16(24)3)19(25)14-27-20-8-7-17(13-22-20)21(26)23-10-5-6-11-23/h4,7-8,12-13H,1,5-6,9-11,14H2,2-3H3. The second-order valence-corrected chi connectivity index (χ2v) is 7.78. The Labute approximate surface area is 164 Å². The lowest BCUT2D eigenvalue weighted by molar-refractivity contribution is 0.0792.